The minimum atomic E-state index is -0.824. The first-order valence-electron chi connectivity index (χ1n) is 9.36. The zero-order valence-electron chi connectivity index (χ0n) is 15.7. The van der Waals surface area contributed by atoms with Crippen LogP contribution in [0, 0.1) is 23.0 Å². The average Bonchev–Trinajstić information content (AvgIpc) is 2.60. The number of primary amides is 1. The van der Waals surface area contributed by atoms with Crippen LogP contribution in [0.15, 0.2) is 36.4 Å². The van der Waals surface area contributed by atoms with Gasteiger partial charge in [-0.3, -0.25) is 4.79 Å². The van der Waals surface area contributed by atoms with Crippen LogP contribution in [0.3, 0.4) is 0 Å². The van der Waals surface area contributed by atoms with Gasteiger partial charge in [0.15, 0.2) is 0 Å². The highest BCUT2D eigenvalue weighted by atomic mass is 35.5. The third-order valence-corrected chi connectivity index (χ3v) is 6.46. The zero-order valence-corrected chi connectivity index (χ0v) is 17.2. The number of carbonyl (C=O) groups excluding carboxylic acids is 1. The SMILES string of the molecule is N#CC1(c2cc(Cl)ccc2F)CCC1.NC(=O)C1(c2cc(Cl)ccc2F)CCC1. The standard InChI is InChI=1S/C11H11ClFNO.C11H9ClFN/c12-7-2-3-9(13)8(6-7)11(10(14)15)4-1-5-11;12-8-2-3-10(13)9(6-8)11(7-14)4-1-5-11/h2-3,6H,1,4-5H2,(H2,14,15);2-3,6H,1,4-5H2. The monoisotopic (exact) mass is 436 g/mol. The fourth-order valence-corrected chi connectivity index (χ4v) is 4.22. The molecule has 2 N–H and O–H groups in total. The first kappa shape index (κ1) is 21.5. The van der Waals surface area contributed by atoms with Crippen molar-refractivity contribution in [2.24, 2.45) is 5.73 Å². The van der Waals surface area contributed by atoms with Crippen LogP contribution in [-0.2, 0) is 15.6 Å². The van der Waals surface area contributed by atoms with E-state index >= 15 is 0 Å². The van der Waals surface area contributed by atoms with Gasteiger partial charge in [-0.15, -0.1) is 0 Å². The third kappa shape index (κ3) is 3.97. The Morgan fingerprint density at radius 3 is 1.79 bits per heavy atom. The van der Waals surface area contributed by atoms with Crippen LogP contribution < -0.4 is 5.73 Å². The van der Waals surface area contributed by atoms with Crippen molar-refractivity contribution in [3.63, 3.8) is 0 Å². The van der Waals surface area contributed by atoms with Gasteiger partial charge < -0.3 is 5.73 Å². The number of hydrogen-bond acceptors (Lipinski definition) is 2. The summed E-state index contributed by atoms with van der Waals surface area (Å²) < 4.78 is 27.0. The molecule has 2 fully saturated rings. The second-order valence-electron chi connectivity index (χ2n) is 7.60. The topological polar surface area (TPSA) is 66.9 Å². The summed E-state index contributed by atoms with van der Waals surface area (Å²) in [5, 5.41) is 9.96. The van der Waals surface area contributed by atoms with Gasteiger partial charge in [-0.2, -0.15) is 5.26 Å². The summed E-state index contributed by atoms with van der Waals surface area (Å²) in [6.45, 7) is 0. The molecule has 0 unspecified atom stereocenters. The van der Waals surface area contributed by atoms with E-state index in [2.05, 4.69) is 6.07 Å². The van der Waals surface area contributed by atoms with Gasteiger partial charge in [-0.25, -0.2) is 8.78 Å². The lowest BCUT2D eigenvalue weighted by molar-refractivity contribution is -0.126. The van der Waals surface area contributed by atoms with Gasteiger partial charge in [0.05, 0.1) is 16.9 Å². The Bertz CT molecular complexity index is 979. The summed E-state index contributed by atoms with van der Waals surface area (Å²) in [6, 6.07) is 10.8. The lowest BCUT2D eigenvalue weighted by Crippen LogP contribution is -2.47. The van der Waals surface area contributed by atoms with Crippen LogP contribution in [0.4, 0.5) is 8.78 Å². The number of amides is 1. The summed E-state index contributed by atoms with van der Waals surface area (Å²) in [5.41, 5.74) is 4.69. The Labute approximate surface area is 178 Å². The van der Waals surface area contributed by atoms with Crippen molar-refractivity contribution in [3.8, 4) is 6.07 Å². The van der Waals surface area contributed by atoms with Gasteiger partial charge in [0.1, 0.15) is 11.6 Å². The molecule has 0 heterocycles. The van der Waals surface area contributed by atoms with Crippen molar-refractivity contribution in [2.45, 2.75) is 49.4 Å². The van der Waals surface area contributed by atoms with E-state index in [9.17, 15) is 13.6 Å². The van der Waals surface area contributed by atoms with E-state index in [1.807, 2.05) is 0 Å². The largest absolute Gasteiger partial charge is 0.369 e. The van der Waals surface area contributed by atoms with Gasteiger partial charge in [0.2, 0.25) is 5.91 Å². The minimum Gasteiger partial charge on any atom is -0.369 e. The van der Waals surface area contributed by atoms with Gasteiger partial charge >= 0.3 is 0 Å². The molecule has 2 aromatic carbocycles. The van der Waals surface area contributed by atoms with Crippen molar-refractivity contribution >= 4 is 29.1 Å². The van der Waals surface area contributed by atoms with Crippen molar-refractivity contribution in [2.75, 3.05) is 0 Å². The maximum Gasteiger partial charge on any atom is 0.228 e. The van der Waals surface area contributed by atoms with Gasteiger partial charge in [0.25, 0.3) is 0 Å². The van der Waals surface area contributed by atoms with Crippen LogP contribution >= 0.6 is 23.2 Å². The molecular formula is C22H20Cl2F2N2O. The highest BCUT2D eigenvalue weighted by Gasteiger charge is 2.46. The Kier molecular flexibility index (Phi) is 6.16. The fraction of sp³-hybridized carbons (Fsp3) is 0.364. The molecule has 0 saturated heterocycles. The highest BCUT2D eigenvalue weighted by Crippen LogP contribution is 2.45. The molecule has 4 rings (SSSR count). The predicted octanol–water partition coefficient (Wildman–Crippen LogP) is 5.81. The summed E-state index contributed by atoms with van der Waals surface area (Å²) in [6.07, 6.45) is 4.58. The molecule has 3 nitrogen and oxygen atoms in total. The quantitative estimate of drug-likeness (QED) is 0.659. The number of nitriles is 1. The van der Waals surface area contributed by atoms with Crippen LogP contribution in [0.1, 0.15) is 49.7 Å². The Hall–Kier alpha value is -2.16. The Morgan fingerprint density at radius 1 is 0.931 bits per heavy atom. The predicted molar refractivity (Wildman–Crippen MR) is 109 cm³/mol. The van der Waals surface area contributed by atoms with Gasteiger partial charge in [0, 0.05) is 21.2 Å². The van der Waals surface area contributed by atoms with E-state index in [-0.39, 0.29) is 5.82 Å². The van der Waals surface area contributed by atoms with E-state index in [0.717, 1.165) is 25.7 Å². The smallest absolute Gasteiger partial charge is 0.228 e. The molecule has 29 heavy (non-hydrogen) atoms. The number of carbonyl (C=O) groups is 1. The number of rotatable bonds is 3. The number of nitrogens with two attached hydrogens (primary N) is 1. The molecule has 7 heteroatoms. The molecule has 2 aromatic rings. The first-order chi connectivity index (χ1) is 13.7. The molecule has 0 aliphatic heterocycles. The number of benzene rings is 2. The lowest BCUT2D eigenvalue weighted by atomic mass is 9.64. The van der Waals surface area contributed by atoms with E-state index in [1.54, 1.807) is 6.07 Å². The number of halogens is 4. The highest BCUT2D eigenvalue weighted by molar-refractivity contribution is 6.31. The molecule has 2 aliphatic carbocycles. The molecule has 0 atom stereocenters. The van der Waals surface area contributed by atoms with E-state index in [4.69, 9.17) is 34.2 Å². The molecule has 0 aromatic heterocycles. The summed E-state index contributed by atoms with van der Waals surface area (Å²) in [5.74, 6) is -1.19. The summed E-state index contributed by atoms with van der Waals surface area (Å²) >= 11 is 11.6. The van der Waals surface area contributed by atoms with Crippen molar-refractivity contribution in [1.29, 1.82) is 5.26 Å². The van der Waals surface area contributed by atoms with Gasteiger partial charge in [-0.1, -0.05) is 29.6 Å². The fourth-order valence-electron chi connectivity index (χ4n) is 3.88. The molecule has 0 spiro atoms. The van der Waals surface area contributed by atoms with Crippen molar-refractivity contribution in [1.82, 2.24) is 0 Å². The average molecular weight is 437 g/mol. The molecule has 0 radical (unpaired) electrons. The van der Waals surface area contributed by atoms with Crippen molar-refractivity contribution in [3.05, 3.63) is 69.2 Å². The Morgan fingerprint density at radius 2 is 1.41 bits per heavy atom. The van der Waals surface area contributed by atoms with Crippen LogP contribution in [0.25, 0.3) is 0 Å². The summed E-state index contributed by atoms with van der Waals surface area (Å²) in [4.78, 5) is 11.4. The normalized spacial score (nSPS) is 18.3. The van der Waals surface area contributed by atoms with Crippen LogP contribution in [0.2, 0.25) is 10.0 Å². The maximum absolute atomic E-state index is 13.6. The zero-order chi connectivity index (χ0) is 21.2. The third-order valence-electron chi connectivity index (χ3n) is 5.99. The Balaban J connectivity index is 0.000000166. The number of nitrogens with zero attached hydrogens (tertiary/aromatic N) is 1. The second-order valence-corrected chi connectivity index (χ2v) is 8.47. The van der Waals surface area contributed by atoms with Crippen LogP contribution in [-0.4, -0.2) is 5.91 Å². The molecule has 2 aliphatic rings. The maximum atomic E-state index is 13.6. The molecule has 152 valence electrons. The van der Waals surface area contributed by atoms with Crippen molar-refractivity contribution < 1.29 is 13.6 Å². The van der Waals surface area contributed by atoms with E-state index in [1.165, 1.54) is 30.3 Å². The molecule has 1 amide bonds. The first-order valence-corrected chi connectivity index (χ1v) is 10.1. The van der Waals surface area contributed by atoms with Gasteiger partial charge in [-0.05, 0) is 68.5 Å². The summed E-state index contributed by atoms with van der Waals surface area (Å²) in [7, 11) is 0. The molecule has 2 saturated carbocycles. The van der Waals surface area contributed by atoms with E-state index in [0.29, 0.717) is 34.0 Å². The van der Waals surface area contributed by atoms with E-state index < -0.39 is 22.6 Å². The number of hydrogen-bond donors (Lipinski definition) is 1. The second kappa shape index (κ2) is 8.30. The lowest BCUT2D eigenvalue weighted by Gasteiger charge is -2.39. The minimum absolute atomic E-state index is 0.323. The molecular weight excluding hydrogens is 417 g/mol. The molecule has 0 bridgehead atoms. The van der Waals surface area contributed by atoms with Crippen LogP contribution in [0.5, 0.6) is 0 Å².